The molecule has 0 aliphatic heterocycles. The van der Waals surface area contributed by atoms with Crippen LogP contribution in [0, 0.1) is 12.7 Å². The molecule has 1 aromatic carbocycles. The number of halogens is 1. The van der Waals surface area contributed by atoms with Crippen LogP contribution in [0.25, 0.3) is 0 Å². The van der Waals surface area contributed by atoms with Gasteiger partial charge in [-0.3, -0.25) is 9.59 Å². The molecule has 0 radical (unpaired) electrons. The van der Waals surface area contributed by atoms with Crippen molar-refractivity contribution in [3.63, 3.8) is 0 Å². The number of carbonyl (C=O) groups excluding carboxylic acids is 1. The van der Waals surface area contributed by atoms with Gasteiger partial charge in [-0.1, -0.05) is 12.1 Å². The van der Waals surface area contributed by atoms with Gasteiger partial charge in [-0.05, 0) is 36.1 Å². The van der Waals surface area contributed by atoms with Crippen LogP contribution in [-0.2, 0) is 4.79 Å². The highest BCUT2D eigenvalue weighted by atomic mass is 32.1. The van der Waals surface area contributed by atoms with Gasteiger partial charge in [-0.2, -0.15) is 0 Å². The smallest absolute Gasteiger partial charge is 0.305 e. The average Bonchev–Trinajstić information content (AvgIpc) is 2.94. The Morgan fingerprint density at radius 3 is 2.71 bits per heavy atom. The van der Waals surface area contributed by atoms with Crippen molar-refractivity contribution < 1.29 is 19.1 Å². The summed E-state index contributed by atoms with van der Waals surface area (Å²) in [6.07, 6.45) is -0.222. The van der Waals surface area contributed by atoms with Crippen molar-refractivity contribution in [2.75, 3.05) is 0 Å². The summed E-state index contributed by atoms with van der Waals surface area (Å²) in [5, 5.41) is 13.4. The highest BCUT2D eigenvalue weighted by Crippen LogP contribution is 2.22. The Hall–Kier alpha value is -2.21. The molecule has 0 unspecified atom stereocenters. The molecule has 6 heteroatoms. The SMILES string of the molecule is Cc1ccc(C(=O)N[C@@H](CC(=O)O)c2cccs2)cc1F. The van der Waals surface area contributed by atoms with Crippen molar-refractivity contribution >= 4 is 23.2 Å². The molecule has 2 aromatic rings. The van der Waals surface area contributed by atoms with E-state index in [0.717, 1.165) is 10.9 Å². The zero-order valence-corrected chi connectivity index (χ0v) is 12.1. The van der Waals surface area contributed by atoms with Gasteiger partial charge in [-0.25, -0.2) is 4.39 Å². The molecule has 0 saturated heterocycles. The van der Waals surface area contributed by atoms with Crippen LogP contribution >= 0.6 is 11.3 Å². The molecule has 110 valence electrons. The van der Waals surface area contributed by atoms with E-state index in [1.165, 1.54) is 23.5 Å². The van der Waals surface area contributed by atoms with Gasteiger partial charge in [-0.15, -0.1) is 11.3 Å². The standard InChI is InChI=1S/C15H14FNO3S/c1-9-4-5-10(7-11(9)16)15(20)17-12(8-14(18)19)13-3-2-6-21-13/h2-7,12H,8H2,1H3,(H,17,20)(H,18,19)/t12-/m0/s1. The fourth-order valence-electron chi connectivity index (χ4n) is 1.86. The van der Waals surface area contributed by atoms with Gasteiger partial charge in [0.2, 0.25) is 0 Å². The fourth-order valence-corrected chi connectivity index (χ4v) is 2.64. The molecular weight excluding hydrogens is 293 g/mol. The highest BCUT2D eigenvalue weighted by molar-refractivity contribution is 7.10. The molecule has 0 bridgehead atoms. The summed E-state index contributed by atoms with van der Waals surface area (Å²) in [7, 11) is 0. The van der Waals surface area contributed by atoms with E-state index in [0.29, 0.717) is 5.56 Å². The second-order valence-corrected chi connectivity index (χ2v) is 5.58. The third-order valence-corrected chi connectivity index (χ3v) is 3.99. The quantitative estimate of drug-likeness (QED) is 0.892. The number of carbonyl (C=O) groups is 2. The Labute approximate surface area is 125 Å². The van der Waals surface area contributed by atoms with E-state index in [-0.39, 0.29) is 12.0 Å². The van der Waals surface area contributed by atoms with Gasteiger partial charge in [0, 0.05) is 10.4 Å². The van der Waals surface area contributed by atoms with Gasteiger partial charge in [0.1, 0.15) is 5.82 Å². The minimum Gasteiger partial charge on any atom is -0.481 e. The van der Waals surface area contributed by atoms with Crippen molar-refractivity contribution in [1.82, 2.24) is 5.32 Å². The lowest BCUT2D eigenvalue weighted by molar-refractivity contribution is -0.137. The van der Waals surface area contributed by atoms with E-state index in [4.69, 9.17) is 5.11 Å². The minimum atomic E-state index is -1.01. The van der Waals surface area contributed by atoms with Gasteiger partial charge >= 0.3 is 5.97 Å². The van der Waals surface area contributed by atoms with Crippen LogP contribution in [0.2, 0.25) is 0 Å². The molecule has 0 spiro atoms. The third kappa shape index (κ3) is 3.88. The third-order valence-electron chi connectivity index (χ3n) is 3.00. The predicted octanol–water partition coefficient (Wildman–Crippen LogP) is 3.14. The second kappa shape index (κ2) is 6.49. The van der Waals surface area contributed by atoms with E-state index in [1.807, 2.05) is 5.38 Å². The zero-order valence-electron chi connectivity index (χ0n) is 11.3. The summed E-state index contributed by atoms with van der Waals surface area (Å²) < 4.78 is 13.5. The lowest BCUT2D eigenvalue weighted by Crippen LogP contribution is -2.29. The Morgan fingerprint density at radius 1 is 1.38 bits per heavy atom. The van der Waals surface area contributed by atoms with Gasteiger partial charge in [0.05, 0.1) is 12.5 Å². The molecule has 0 aliphatic carbocycles. The molecule has 21 heavy (non-hydrogen) atoms. The Kier molecular flexibility index (Phi) is 4.70. The number of carboxylic acids is 1. The topological polar surface area (TPSA) is 66.4 Å². The number of thiophene rings is 1. The van der Waals surface area contributed by atoms with Crippen LogP contribution in [0.4, 0.5) is 4.39 Å². The number of carboxylic acid groups (broad SMARTS) is 1. The maximum absolute atomic E-state index is 13.5. The second-order valence-electron chi connectivity index (χ2n) is 4.60. The van der Waals surface area contributed by atoms with Gasteiger partial charge in [0.15, 0.2) is 0 Å². The van der Waals surface area contributed by atoms with E-state index >= 15 is 0 Å². The molecule has 1 aromatic heterocycles. The monoisotopic (exact) mass is 307 g/mol. The number of benzene rings is 1. The zero-order chi connectivity index (χ0) is 15.4. The molecule has 0 saturated carbocycles. The van der Waals surface area contributed by atoms with Crippen molar-refractivity contribution in [3.05, 3.63) is 57.5 Å². The summed E-state index contributed by atoms with van der Waals surface area (Å²) in [5.74, 6) is -1.97. The molecule has 2 rings (SSSR count). The number of hydrogen-bond acceptors (Lipinski definition) is 3. The summed E-state index contributed by atoms with van der Waals surface area (Å²) in [6.45, 7) is 1.61. The van der Waals surface area contributed by atoms with Crippen molar-refractivity contribution in [2.45, 2.75) is 19.4 Å². The first-order chi connectivity index (χ1) is 9.97. The van der Waals surface area contributed by atoms with E-state index in [2.05, 4.69) is 5.32 Å². The maximum atomic E-state index is 13.5. The first kappa shape index (κ1) is 15.2. The van der Waals surface area contributed by atoms with Crippen LogP contribution < -0.4 is 5.32 Å². The lowest BCUT2D eigenvalue weighted by Gasteiger charge is -2.15. The Morgan fingerprint density at radius 2 is 2.14 bits per heavy atom. The van der Waals surface area contributed by atoms with Gasteiger partial charge < -0.3 is 10.4 Å². The van der Waals surface area contributed by atoms with Crippen molar-refractivity contribution in [3.8, 4) is 0 Å². The van der Waals surface area contributed by atoms with Crippen LogP contribution in [-0.4, -0.2) is 17.0 Å². The number of aryl methyl sites for hydroxylation is 1. The fraction of sp³-hybridized carbons (Fsp3) is 0.200. The molecular formula is C15H14FNO3S. The van der Waals surface area contributed by atoms with Crippen molar-refractivity contribution in [2.24, 2.45) is 0 Å². The Bertz CT molecular complexity index is 655. The largest absolute Gasteiger partial charge is 0.481 e. The number of aliphatic carboxylic acids is 1. The molecule has 0 fully saturated rings. The molecule has 2 N–H and O–H groups in total. The first-order valence-electron chi connectivity index (χ1n) is 6.29. The van der Waals surface area contributed by atoms with E-state index < -0.39 is 23.7 Å². The molecule has 1 amide bonds. The molecule has 4 nitrogen and oxygen atoms in total. The average molecular weight is 307 g/mol. The lowest BCUT2D eigenvalue weighted by atomic mass is 10.1. The summed E-state index contributed by atoms with van der Waals surface area (Å²) in [4.78, 5) is 23.8. The van der Waals surface area contributed by atoms with Crippen LogP contribution in [0.3, 0.4) is 0 Å². The Balaban J connectivity index is 2.17. The van der Waals surface area contributed by atoms with E-state index in [1.54, 1.807) is 19.1 Å². The maximum Gasteiger partial charge on any atom is 0.305 e. The predicted molar refractivity (Wildman–Crippen MR) is 77.9 cm³/mol. The summed E-state index contributed by atoms with van der Waals surface area (Å²) >= 11 is 1.36. The molecule has 1 atom stereocenters. The highest BCUT2D eigenvalue weighted by Gasteiger charge is 2.20. The van der Waals surface area contributed by atoms with E-state index in [9.17, 15) is 14.0 Å². The number of hydrogen-bond donors (Lipinski definition) is 2. The van der Waals surface area contributed by atoms with Crippen molar-refractivity contribution in [1.29, 1.82) is 0 Å². The summed E-state index contributed by atoms with van der Waals surface area (Å²) in [6, 6.07) is 7.10. The number of rotatable bonds is 5. The number of nitrogens with one attached hydrogen (secondary N) is 1. The first-order valence-corrected chi connectivity index (χ1v) is 7.17. The normalized spacial score (nSPS) is 11.9. The summed E-state index contributed by atoms with van der Waals surface area (Å²) in [5.41, 5.74) is 0.622. The minimum absolute atomic E-state index is 0.171. The van der Waals surface area contributed by atoms with Crippen LogP contribution in [0.15, 0.2) is 35.7 Å². The molecule has 0 aliphatic rings. The van der Waals surface area contributed by atoms with Crippen LogP contribution in [0.1, 0.15) is 33.3 Å². The number of amides is 1. The van der Waals surface area contributed by atoms with Gasteiger partial charge in [0.25, 0.3) is 5.91 Å². The molecule has 1 heterocycles. The van der Waals surface area contributed by atoms with Crippen LogP contribution in [0.5, 0.6) is 0 Å².